The van der Waals surface area contributed by atoms with Crippen LogP contribution >= 0.6 is 11.8 Å². The van der Waals surface area contributed by atoms with E-state index in [0.29, 0.717) is 22.8 Å². The summed E-state index contributed by atoms with van der Waals surface area (Å²) < 4.78 is 11.1. The van der Waals surface area contributed by atoms with Crippen LogP contribution in [-0.4, -0.2) is 46.1 Å². The third-order valence-electron chi connectivity index (χ3n) is 4.90. The van der Waals surface area contributed by atoms with Crippen LogP contribution in [0.25, 0.3) is 0 Å². The number of carbonyl (C=O) groups is 1. The first-order chi connectivity index (χ1) is 12.2. The summed E-state index contributed by atoms with van der Waals surface area (Å²) in [6.45, 7) is 0. The second-order valence-corrected chi connectivity index (χ2v) is 8.04. The summed E-state index contributed by atoms with van der Waals surface area (Å²) >= 11 is 1.82. The molecule has 1 N–H and O–H groups in total. The fraction of sp³-hybridized carbons (Fsp3) is 0.722. The SMILES string of the molecule is COc1nccnc1OC1CCC(NC(=O)CSC2CCCC2)CC1. The van der Waals surface area contributed by atoms with Crippen molar-refractivity contribution in [3.8, 4) is 11.8 Å². The molecule has 0 saturated heterocycles. The molecule has 1 aromatic rings. The molecule has 138 valence electrons. The molecule has 2 saturated carbocycles. The minimum atomic E-state index is 0.103. The monoisotopic (exact) mass is 365 g/mol. The molecule has 2 fully saturated rings. The van der Waals surface area contributed by atoms with E-state index < -0.39 is 0 Å². The highest BCUT2D eigenvalue weighted by atomic mass is 32.2. The first-order valence-corrected chi connectivity index (χ1v) is 10.2. The predicted octanol–water partition coefficient (Wildman–Crippen LogP) is 2.97. The van der Waals surface area contributed by atoms with Gasteiger partial charge in [0.15, 0.2) is 0 Å². The van der Waals surface area contributed by atoms with E-state index >= 15 is 0 Å². The maximum absolute atomic E-state index is 12.1. The number of hydrogen-bond donors (Lipinski definition) is 1. The number of aromatic nitrogens is 2. The van der Waals surface area contributed by atoms with Crippen LogP contribution in [-0.2, 0) is 4.79 Å². The lowest BCUT2D eigenvalue weighted by Crippen LogP contribution is -2.40. The van der Waals surface area contributed by atoms with Gasteiger partial charge in [0.05, 0.1) is 12.9 Å². The normalized spacial score (nSPS) is 24.0. The van der Waals surface area contributed by atoms with Crippen LogP contribution in [0.5, 0.6) is 11.8 Å². The largest absolute Gasteiger partial charge is 0.477 e. The number of rotatable bonds is 7. The Morgan fingerprint density at radius 3 is 2.48 bits per heavy atom. The standard InChI is InChI=1S/C18H27N3O3S/c1-23-17-18(20-11-10-19-17)24-14-8-6-13(7-9-14)21-16(22)12-25-15-4-2-3-5-15/h10-11,13-15H,2-9,12H2,1H3,(H,21,22). The number of nitrogens with one attached hydrogen (secondary N) is 1. The molecule has 2 aliphatic rings. The highest BCUT2D eigenvalue weighted by Gasteiger charge is 2.25. The second-order valence-electron chi connectivity index (χ2n) is 6.75. The molecule has 0 aromatic carbocycles. The van der Waals surface area contributed by atoms with Gasteiger partial charge in [-0.2, -0.15) is 0 Å². The van der Waals surface area contributed by atoms with Crippen molar-refractivity contribution in [1.82, 2.24) is 15.3 Å². The number of amides is 1. The number of methoxy groups -OCH3 is 1. The van der Waals surface area contributed by atoms with Crippen LogP contribution in [0.1, 0.15) is 51.4 Å². The number of nitrogens with zero attached hydrogens (tertiary/aromatic N) is 2. The summed E-state index contributed by atoms with van der Waals surface area (Å²) in [6.07, 6.45) is 12.2. The number of thioether (sulfide) groups is 1. The lowest BCUT2D eigenvalue weighted by Gasteiger charge is -2.29. The summed E-state index contributed by atoms with van der Waals surface area (Å²) in [5.41, 5.74) is 0. The van der Waals surface area contributed by atoms with E-state index in [-0.39, 0.29) is 18.1 Å². The molecule has 0 aliphatic heterocycles. The molecule has 6 nitrogen and oxygen atoms in total. The van der Waals surface area contributed by atoms with Crippen molar-refractivity contribution in [3.05, 3.63) is 12.4 Å². The number of hydrogen-bond acceptors (Lipinski definition) is 6. The summed E-state index contributed by atoms with van der Waals surface area (Å²) in [5.74, 6) is 1.64. The van der Waals surface area contributed by atoms with Gasteiger partial charge in [-0.3, -0.25) is 4.79 Å². The van der Waals surface area contributed by atoms with Gasteiger partial charge in [-0.15, -0.1) is 11.8 Å². The highest BCUT2D eigenvalue weighted by Crippen LogP contribution is 2.30. The molecule has 1 amide bonds. The molecular weight excluding hydrogens is 338 g/mol. The Labute approximate surface area is 153 Å². The molecule has 0 atom stereocenters. The van der Waals surface area contributed by atoms with E-state index in [1.54, 1.807) is 19.5 Å². The maximum atomic E-state index is 12.1. The quantitative estimate of drug-likeness (QED) is 0.801. The second kappa shape index (κ2) is 9.27. The maximum Gasteiger partial charge on any atom is 0.278 e. The van der Waals surface area contributed by atoms with Gasteiger partial charge in [0, 0.05) is 23.7 Å². The van der Waals surface area contributed by atoms with Crippen molar-refractivity contribution in [3.63, 3.8) is 0 Å². The molecule has 0 spiro atoms. The van der Waals surface area contributed by atoms with Crippen molar-refractivity contribution < 1.29 is 14.3 Å². The van der Waals surface area contributed by atoms with Crippen LogP contribution in [0.4, 0.5) is 0 Å². The van der Waals surface area contributed by atoms with E-state index in [4.69, 9.17) is 9.47 Å². The fourth-order valence-electron chi connectivity index (χ4n) is 3.53. The molecule has 0 bridgehead atoms. The number of carbonyl (C=O) groups excluding carboxylic acids is 1. The predicted molar refractivity (Wildman–Crippen MR) is 98.1 cm³/mol. The van der Waals surface area contributed by atoms with Gasteiger partial charge in [0.25, 0.3) is 11.8 Å². The van der Waals surface area contributed by atoms with Crippen molar-refractivity contribution >= 4 is 17.7 Å². The minimum absolute atomic E-state index is 0.103. The van der Waals surface area contributed by atoms with Crippen LogP contribution < -0.4 is 14.8 Å². The Hall–Kier alpha value is -1.50. The van der Waals surface area contributed by atoms with Gasteiger partial charge in [0.1, 0.15) is 6.10 Å². The summed E-state index contributed by atoms with van der Waals surface area (Å²) in [7, 11) is 1.56. The molecule has 1 aromatic heterocycles. The Morgan fingerprint density at radius 2 is 1.80 bits per heavy atom. The third kappa shape index (κ3) is 5.49. The van der Waals surface area contributed by atoms with Gasteiger partial charge >= 0.3 is 0 Å². The molecule has 7 heteroatoms. The zero-order valence-corrected chi connectivity index (χ0v) is 15.6. The van der Waals surface area contributed by atoms with Crippen molar-refractivity contribution in [2.45, 2.75) is 68.8 Å². The van der Waals surface area contributed by atoms with Gasteiger partial charge in [-0.1, -0.05) is 12.8 Å². The first-order valence-electron chi connectivity index (χ1n) is 9.17. The summed E-state index contributed by atoms with van der Waals surface area (Å²) in [6, 6.07) is 0.264. The van der Waals surface area contributed by atoms with Gasteiger partial charge < -0.3 is 14.8 Å². The van der Waals surface area contributed by atoms with E-state index in [9.17, 15) is 4.79 Å². The van der Waals surface area contributed by atoms with Crippen LogP contribution in [0.15, 0.2) is 12.4 Å². The van der Waals surface area contributed by atoms with Crippen LogP contribution in [0.2, 0.25) is 0 Å². The number of ether oxygens (including phenoxy) is 2. The summed E-state index contributed by atoms with van der Waals surface area (Å²) in [5, 5.41) is 3.87. The Kier molecular flexibility index (Phi) is 6.78. The van der Waals surface area contributed by atoms with Gasteiger partial charge in [-0.05, 0) is 38.5 Å². The molecule has 2 aliphatic carbocycles. The lowest BCUT2D eigenvalue weighted by molar-refractivity contribution is -0.119. The van der Waals surface area contributed by atoms with Crippen LogP contribution in [0.3, 0.4) is 0 Å². The van der Waals surface area contributed by atoms with E-state index in [0.717, 1.165) is 25.7 Å². The van der Waals surface area contributed by atoms with Gasteiger partial charge in [0.2, 0.25) is 5.91 Å². The average Bonchev–Trinajstić information content (AvgIpc) is 3.16. The molecule has 25 heavy (non-hydrogen) atoms. The topological polar surface area (TPSA) is 73.3 Å². The van der Waals surface area contributed by atoms with Crippen molar-refractivity contribution in [2.24, 2.45) is 0 Å². The highest BCUT2D eigenvalue weighted by molar-refractivity contribution is 8.00. The zero-order valence-electron chi connectivity index (χ0n) is 14.8. The molecule has 0 radical (unpaired) electrons. The fourth-order valence-corrected chi connectivity index (χ4v) is 4.67. The Bertz CT molecular complexity index is 558. The lowest BCUT2D eigenvalue weighted by atomic mass is 9.93. The molecule has 1 heterocycles. The minimum Gasteiger partial charge on any atom is -0.477 e. The zero-order chi connectivity index (χ0) is 17.5. The summed E-state index contributed by atoms with van der Waals surface area (Å²) in [4.78, 5) is 20.4. The smallest absolute Gasteiger partial charge is 0.278 e. The third-order valence-corrected chi connectivity index (χ3v) is 6.27. The van der Waals surface area contributed by atoms with E-state index in [1.807, 2.05) is 11.8 Å². The molecular formula is C18H27N3O3S. The molecule has 0 unspecified atom stereocenters. The van der Waals surface area contributed by atoms with E-state index in [2.05, 4.69) is 15.3 Å². The van der Waals surface area contributed by atoms with E-state index in [1.165, 1.54) is 25.7 Å². The van der Waals surface area contributed by atoms with Crippen LogP contribution in [0, 0.1) is 0 Å². The first kappa shape index (κ1) is 18.3. The van der Waals surface area contributed by atoms with Crippen molar-refractivity contribution in [2.75, 3.05) is 12.9 Å². The average molecular weight is 365 g/mol. The Morgan fingerprint density at radius 1 is 1.12 bits per heavy atom. The van der Waals surface area contributed by atoms with Crippen molar-refractivity contribution in [1.29, 1.82) is 0 Å². The van der Waals surface area contributed by atoms with Gasteiger partial charge in [-0.25, -0.2) is 9.97 Å². The molecule has 3 rings (SSSR count). The Balaban J connectivity index is 1.37.